The van der Waals surface area contributed by atoms with Gasteiger partial charge in [0.05, 0.1) is 5.69 Å². The van der Waals surface area contributed by atoms with Gasteiger partial charge in [-0.15, -0.1) is 0 Å². The van der Waals surface area contributed by atoms with Crippen LogP contribution < -0.4 is 4.72 Å². The molecule has 2 aromatic heterocycles. The first-order valence-corrected chi connectivity index (χ1v) is 9.06. The van der Waals surface area contributed by atoms with Gasteiger partial charge >= 0.3 is 0 Å². The molecule has 2 heterocycles. The van der Waals surface area contributed by atoms with Gasteiger partial charge in [-0.25, -0.2) is 0 Å². The maximum atomic E-state index is 12.8. The van der Waals surface area contributed by atoms with E-state index in [-0.39, 0.29) is 5.03 Å². The normalized spacial score (nSPS) is 18.2. The second-order valence-corrected chi connectivity index (χ2v) is 7.66. The summed E-state index contributed by atoms with van der Waals surface area (Å²) >= 11 is 0. The summed E-state index contributed by atoms with van der Waals surface area (Å²) in [5.74, 6) is 0.678. The van der Waals surface area contributed by atoms with E-state index in [0.717, 1.165) is 55.3 Å². The molecule has 0 aliphatic heterocycles. The number of aryl methyl sites for hydroxylation is 2. The number of rotatable bonds is 4. The van der Waals surface area contributed by atoms with E-state index in [9.17, 15) is 8.42 Å². The van der Waals surface area contributed by atoms with Gasteiger partial charge in [-0.05, 0) is 44.4 Å². The van der Waals surface area contributed by atoms with E-state index < -0.39 is 10.0 Å². The molecule has 0 radical (unpaired) electrons. The zero-order chi connectivity index (χ0) is 15.3. The molecule has 1 fully saturated rings. The monoisotopic (exact) mass is 322 g/mol. The first kappa shape index (κ1) is 13.8. The molecule has 2 aliphatic carbocycles. The standard InChI is InChI=1S/C14H18N4O3S/c1-18-14(10-4-2-3-5-12(10)15-18)22(19,20)17-13-11(8-21-16-13)9-6-7-9/h8-9H,2-7H2,1H3,(H,16,17). The van der Waals surface area contributed by atoms with Crippen molar-refractivity contribution in [1.29, 1.82) is 0 Å². The van der Waals surface area contributed by atoms with Gasteiger partial charge in [-0.2, -0.15) is 13.5 Å². The molecule has 0 unspecified atom stereocenters. The van der Waals surface area contributed by atoms with E-state index in [1.165, 1.54) is 10.9 Å². The van der Waals surface area contributed by atoms with Crippen LogP contribution in [0, 0.1) is 0 Å². The van der Waals surface area contributed by atoms with Crippen LogP contribution in [-0.4, -0.2) is 23.4 Å². The Morgan fingerprint density at radius 1 is 1.32 bits per heavy atom. The van der Waals surface area contributed by atoms with Crippen molar-refractivity contribution in [1.82, 2.24) is 14.9 Å². The Balaban J connectivity index is 1.72. The van der Waals surface area contributed by atoms with Crippen LogP contribution >= 0.6 is 0 Å². The Kier molecular flexibility index (Phi) is 3.04. The van der Waals surface area contributed by atoms with Crippen molar-refractivity contribution in [3.8, 4) is 0 Å². The Labute approximate surface area is 128 Å². The van der Waals surface area contributed by atoms with E-state index in [2.05, 4.69) is 15.0 Å². The summed E-state index contributed by atoms with van der Waals surface area (Å²) in [7, 11) is -2.03. The molecule has 118 valence electrons. The molecule has 0 aromatic carbocycles. The minimum atomic E-state index is -3.71. The van der Waals surface area contributed by atoms with Gasteiger partial charge < -0.3 is 4.52 Å². The number of sulfonamides is 1. The molecule has 0 bridgehead atoms. The third-order valence-corrected chi connectivity index (χ3v) is 5.84. The van der Waals surface area contributed by atoms with E-state index in [1.807, 2.05) is 0 Å². The van der Waals surface area contributed by atoms with Crippen molar-refractivity contribution in [2.24, 2.45) is 7.05 Å². The molecule has 2 aromatic rings. The van der Waals surface area contributed by atoms with E-state index in [1.54, 1.807) is 7.05 Å². The summed E-state index contributed by atoms with van der Waals surface area (Å²) in [5, 5.41) is 8.45. The lowest BCUT2D eigenvalue weighted by atomic mass is 9.99. The second kappa shape index (κ2) is 4.84. The quantitative estimate of drug-likeness (QED) is 0.929. The Bertz CT molecular complexity index is 817. The lowest BCUT2D eigenvalue weighted by Crippen LogP contribution is -2.19. The molecular weight excluding hydrogens is 304 g/mol. The first-order chi connectivity index (χ1) is 10.6. The topological polar surface area (TPSA) is 90.0 Å². The molecule has 8 heteroatoms. The fraction of sp³-hybridized carbons (Fsp3) is 0.571. The highest BCUT2D eigenvalue weighted by atomic mass is 32.2. The first-order valence-electron chi connectivity index (χ1n) is 7.58. The number of nitrogens with one attached hydrogen (secondary N) is 1. The minimum absolute atomic E-state index is 0.256. The van der Waals surface area contributed by atoms with Gasteiger partial charge in [0.1, 0.15) is 6.26 Å². The van der Waals surface area contributed by atoms with Crippen molar-refractivity contribution in [3.63, 3.8) is 0 Å². The van der Waals surface area contributed by atoms with Crippen molar-refractivity contribution >= 4 is 15.8 Å². The summed E-state index contributed by atoms with van der Waals surface area (Å²) in [6.07, 6.45) is 7.30. The zero-order valence-corrected chi connectivity index (χ0v) is 13.2. The third kappa shape index (κ3) is 2.22. The average Bonchev–Trinajstić information content (AvgIpc) is 3.10. The lowest BCUT2D eigenvalue weighted by Gasteiger charge is -2.12. The summed E-state index contributed by atoms with van der Waals surface area (Å²) in [6, 6.07) is 0. The van der Waals surface area contributed by atoms with Gasteiger partial charge in [0.25, 0.3) is 10.0 Å². The molecule has 2 aliphatic rings. The van der Waals surface area contributed by atoms with Crippen LogP contribution in [0.5, 0.6) is 0 Å². The van der Waals surface area contributed by atoms with E-state index in [0.29, 0.717) is 11.7 Å². The van der Waals surface area contributed by atoms with Gasteiger partial charge in [-0.3, -0.25) is 9.40 Å². The van der Waals surface area contributed by atoms with Gasteiger partial charge in [0.15, 0.2) is 10.8 Å². The predicted molar refractivity (Wildman–Crippen MR) is 79.1 cm³/mol. The Hall–Kier alpha value is -1.83. The molecule has 1 N–H and O–H groups in total. The predicted octanol–water partition coefficient (Wildman–Crippen LogP) is 1.97. The highest BCUT2D eigenvalue weighted by molar-refractivity contribution is 7.92. The van der Waals surface area contributed by atoms with Crippen LogP contribution in [0.25, 0.3) is 0 Å². The second-order valence-electron chi connectivity index (χ2n) is 6.06. The third-order valence-electron chi connectivity index (χ3n) is 4.36. The Morgan fingerprint density at radius 3 is 2.86 bits per heavy atom. The highest BCUT2D eigenvalue weighted by Crippen LogP contribution is 2.43. The molecule has 0 atom stereocenters. The summed E-state index contributed by atoms with van der Waals surface area (Å²) < 4.78 is 34.6. The fourth-order valence-corrected chi connectivity index (χ4v) is 4.61. The lowest BCUT2D eigenvalue weighted by molar-refractivity contribution is 0.422. The molecular formula is C14H18N4O3S. The number of fused-ring (bicyclic) bond motifs is 1. The van der Waals surface area contributed by atoms with Crippen LogP contribution in [0.15, 0.2) is 15.8 Å². The van der Waals surface area contributed by atoms with E-state index >= 15 is 0 Å². The van der Waals surface area contributed by atoms with E-state index in [4.69, 9.17) is 4.52 Å². The molecule has 7 nitrogen and oxygen atoms in total. The highest BCUT2D eigenvalue weighted by Gasteiger charge is 2.33. The number of nitrogens with zero attached hydrogens (tertiary/aromatic N) is 3. The van der Waals surface area contributed by atoms with Crippen molar-refractivity contribution in [2.75, 3.05) is 4.72 Å². The zero-order valence-electron chi connectivity index (χ0n) is 12.4. The van der Waals surface area contributed by atoms with Gasteiger partial charge in [0.2, 0.25) is 0 Å². The van der Waals surface area contributed by atoms with Crippen LogP contribution in [0.2, 0.25) is 0 Å². The number of hydrogen-bond donors (Lipinski definition) is 1. The average molecular weight is 322 g/mol. The molecule has 4 rings (SSSR count). The maximum absolute atomic E-state index is 12.8. The minimum Gasteiger partial charge on any atom is -0.362 e. The molecule has 22 heavy (non-hydrogen) atoms. The van der Waals surface area contributed by atoms with Gasteiger partial charge in [-0.1, -0.05) is 5.16 Å². The maximum Gasteiger partial charge on any atom is 0.280 e. The molecule has 0 amide bonds. The van der Waals surface area contributed by atoms with Crippen LogP contribution in [0.1, 0.15) is 48.4 Å². The summed E-state index contributed by atoms with van der Waals surface area (Å²) in [4.78, 5) is 0. The number of hydrogen-bond acceptors (Lipinski definition) is 5. The SMILES string of the molecule is Cn1nc2c(c1S(=O)(=O)Nc1nocc1C1CC1)CCCC2. The summed E-state index contributed by atoms with van der Waals surface area (Å²) in [6.45, 7) is 0. The molecule has 1 saturated carbocycles. The van der Waals surface area contributed by atoms with Crippen molar-refractivity contribution in [2.45, 2.75) is 49.5 Å². The van der Waals surface area contributed by atoms with Crippen LogP contribution in [0.4, 0.5) is 5.82 Å². The largest absolute Gasteiger partial charge is 0.362 e. The number of anilines is 1. The smallest absolute Gasteiger partial charge is 0.280 e. The molecule has 0 saturated heterocycles. The summed E-state index contributed by atoms with van der Waals surface area (Å²) in [5.41, 5.74) is 2.59. The van der Waals surface area contributed by atoms with Crippen LogP contribution in [-0.2, 0) is 29.9 Å². The van der Waals surface area contributed by atoms with Gasteiger partial charge in [0, 0.05) is 18.2 Å². The van der Waals surface area contributed by atoms with Crippen molar-refractivity contribution in [3.05, 3.63) is 23.1 Å². The van der Waals surface area contributed by atoms with Crippen molar-refractivity contribution < 1.29 is 12.9 Å². The fourth-order valence-electron chi connectivity index (χ4n) is 3.17. The Morgan fingerprint density at radius 2 is 2.09 bits per heavy atom. The molecule has 0 spiro atoms. The van der Waals surface area contributed by atoms with Crippen LogP contribution in [0.3, 0.4) is 0 Å². The number of aromatic nitrogens is 3.